The Morgan fingerprint density at radius 1 is 1.24 bits per heavy atom. The first kappa shape index (κ1) is 27.1. The highest BCUT2D eigenvalue weighted by Crippen LogP contribution is 2.33. The summed E-state index contributed by atoms with van der Waals surface area (Å²) in [5.74, 6) is -0.248. The number of nitrogens with one attached hydrogen (secondary N) is 1. The average molecular weight is 574 g/mol. The highest BCUT2D eigenvalue weighted by Gasteiger charge is 2.29. The molecule has 2 N–H and O–H groups in total. The summed E-state index contributed by atoms with van der Waals surface area (Å²) in [5, 5.41) is 12.5. The Morgan fingerprint density at radius 3 is 2.76 bits per heavy atom. The van der Waals surface area contributed by atoms with Gasteiger partial charge in [-0.2, -0.15) is 0 Å². The number of carbonyl (C=O) groups excluding carboxylic acids is 1. The van der Waals surface area contributed by atoms with E-state index >= 15 is 0 Å². The number of fused-ring (bicyclic) bond motifs is 1. The third-order valence-electron chi connectivity index (χ3n) is 6.99. The van der Waals surface area contributed by atoms with Gasteiger partial charge in [0.05, 0.1) is 5.52 Å². The molecule has 0 spiro atoms. The summed E-state index contributed by atoms with van der Waals surface area (Å²) in [4.78, 5) is 26.6. The maximum absolute atomic E-state index is 14.6. The number of amides is 2. The monoisotopic (exact) mass is 573 g/mol. The van der Waals surface area contributed by atoms with Gasteiger partial charge in [-0.05, 0) is 61.6 Å². The van der Waals surface area contributed by atoms with Crippen LogP contribution in [0.25, 0.3) is 10.9 Å². The highest BCUT2D eigenvalue weighted by molar-refractivity contribution is 9.10. The van der Waals surface area contributed by atoms with E-state index < -0.39 is 12.1 Å². The SMILES string of the molecule is COCCCn1c(C2CCCN(C(=O)C[C@@H](Cc3ccc(Br)cc3)NC(=O)O)C2)cc2c(F)cccc21. The second-order valence-electron chi connectivity index (χ2n) is 9.60. The molecule has 0 aliphatic carbocycles. The Bertz CT molecular complexity index is 1230. The molecule has 0 radical (unpaired) electrons. The van der Waals surface area contributed by atoms with Crippen molar-refractivity contribution in [3.63, 3.8) is 0 Å². The van der Waals surface area contributed by atoms with Crippen molar-refractivity contribution in [1.82, 2.24) is 14.8 Å². The third kappa shape index (κ3) is 6.90. The van der Waals surface area contributed by atoms with Crippen LogP contribution in [-0.2, 0) is 22.5 Å². The maximum Gasteiger partial charge on any atom is 0.404 e. The van der Waals surface area contributed by atoms with Gasteiger partial charge in [-0.25, -0.2) is 9.18 Å². The van der Waals surface area contributed by atoms with Crippen molar-refractivity contribution in [3.8, 4) is 0 Å². The molecule has 3 aromatic rings. The van der Waals surface area contributed by atoms with E-state index in [2.05, 4.69) is 25.8 Å². The number of carboxylic acid groups (broad SMARTS) is 1. The first-order chi connectivity index (χ1) is 17.9. The molecule has 2 atom stereocenters. The molecular formula is C28H33BrFN3O4. The van der Waals surface area contributed by atoms with Crippen LogP contribution >= 0.6 is 15.9 Å². The maximum atomic E-state index is 14.6. The molecule has 1 unspecified atom stereocenters. The lowest BCUT2D eigenvalue weighted by atomic mass is 9.93. The summed E-state index contributed by atoms with van der Waals surface area (Å²) < 4.78 is 23.0. The molecule has 1 aromatic heterocycles. The Labute approximate surface area is 224 Å². The van der Waals surface area contributed by atoms with Crippen molar-refractivity contribution < 1.29 is 23.8 Å². The van der Waals surface area contributed by atoms with Crippen LogP contribution in [0.5, 0.6) is 0 Å². The second kappa shape index (κ2) is 12.6. The summed E-state index contributed by atoms with van der Waals surface area (Å²) in [6.45, 7) is 2.48. The van der Waals surface area contributed by atoms with Gasteiger partial charge in [0.15, 0.2) is 0 Å². The zero-order valence-electron chi connectivity index (χ0n) is 21.0. The predicted molar refractivity (Wildman–Crippen MR) is 144 cm³/mol. The van der Waals surface area contributed by atoms with Crippen LogP contribution in [0, 0.1) is 5.82 Å². The van der Waals surface area contributed by atoms with Crippen molar-refractivity contribution in [2.45, 2.75) is 50.6 Å². The fraction of sp³-hybridized carbons (Fsp3) is 0.429. The van der Waals surface area contributed by atoms with Gasteiger partial charge in [-0.3, -0.25) is 4.79 Å². The van der Waals surface area contributed by atoms with Gasteiger partial charge in [-0.15, -0.1) is 0 Å². The van der Waals surface area contributed by atoms with E-state index in [-0.39, 0.29) is 24.1 Å². The first-order valence-electron chi connectivity index (χ1n) is 12.6. The molecule has 0 bridgehead atoms. The van der Waals surface area contributed by atoms with Crippen LogP contribution in [0.1, 0.15) is 42.9 Å². The van der Waals surface area contributed by atoms with Crippen molar-refractivity contribution >= 4 is 38.8 Å². The molecule has 37 heavy (non-hydrogen) atoms. The predicted octanol–water partition coefficient (Wildman–Crippen LogP) is 5.55. The molecule has 0 saturated carbocycles. The summed E-state index contributed by atoms with van der Waals surface area (Å²) >= 11 is 3.41. The number of hydrogen-bond acceptors (Lipinski definition) is 3. The molecule has 1 aliphatic rings. The van der Waals surface area contributed by atoms with Crippen LogP contribution in [0.2, 0.25) is 0 Å². The van der Waals surface area contributed by atoms with E-state index in [1.54, 1.807) is 13.2 Å². The van der Waals surface area contributed by atoms with Crippen LogP contribution in [0.3, 0.4) is 0 Å². The number of methoxy groups -OCH3 is 1. The van der Waals surface area contributed by atoms with Gasteiger partial charge < -0.3 is 24.6 Å². The number of piperidine rings is 1. The molecule has 9 heteroatoms. The normalized spacial score (nSPS) is 16.6. The van der Waals surface area contributed by atoms with Gasteiger partial charge in [0.25, 0.3) is 0 Å². The standard InChI is InChI=1S/C28H33BrFN3O4/c1-37-14-4-13-33-25-7-2-6-24(30)23(25)17-26(33)20-5-3-12-32(18-20)27(34)16-22(31-28(35)36)15-19-8-10-21(29)11-9-19/h2,6-11,17,20,22,31H,3-5,12-16,18H2,1H3,(H,35,36)/t20?,22-/m1/s1. The van der Waals surface area contributed by atoms with Crippen LogP contribution in [-0.4, -0.2) is 59.4 Å². The third-order valence-corrected chi connectivity index (χ3v) is 7.52. The molecule has 4 rings (SSSR count). The molecule has 2 aromatic carbocycles. The van der Waals surface area contributed by atoms with Crippen molar-refractivity contribution in [2.24, 2.45) is 0 Å². The topological polar surface area (TPSA) is 83.8 Å². The summed E-state index contributed by atoms with van der Waals surface area (Å²) in [6.07, 6.45) is 1.91. The molecule has 2 heterocycles. The Hall–Kier alpha value is -2.91. The number of hydrogen-bond donors (Lipinski definition) is 2. The minimum atomic E-state index is -1.14. The molecule has 7 nitrogen and oxygen atoms in total. The van der Waals surface area contributed by atoms with Gasteiger partial charge >= 0.3 is 6.09 Å². The van der Waals surface area contributed by atoms with Gasteiger partial charge in [0.1, 0.15) is 5.82 Å². The summed E-state index contributed by atoms with van der Waals surface area (Å²) in [5.41, 5.74) is 2.84. The average Bonchev–Trinajstić information content (AvgIpc) is 3.25. The molecule has 2 amide bonds. The van der Waals surface area contributed by atoms with Crippen molar-refractivity contribution in [3.05, 3.63) is 70.1 Å². The fourth-order valence-electron chi connectivity index (χ4n) is 5.26. The Kier molecular flexibility index (Phi) is 9.21. The summed E-state index contributed by atoms with van der Waals surface area (Å²) in [7, 11) is 1.67. The minimum absolute atomic E-state index is 0.0735. The first-order valence-corrected chi connectivity index (χ1v) is 13.4. The van der Waals surface area contributed by atoms with E-state index in [1.165, 1.54) is 6.07 Å². The second-order valence-corrected chi connectivity index (χ2v) is 10.5. The lowest BCUT2D eigenvalue weighted by molar-refractivity contribution is -0.132. The van der Waals surface area contributed by atoms with Gasteiger partial charge in [0.2, 0.25) is 5.91 Å². The number of carbonyl (C=O) groups is 2. The number of ether oxygens (including phenoxy) is 1. The van der Waals surface area contributed by atoms with Crippen molar-refractivity contribution in [1.29, 1.82) is 0 Å². The summed E-state index contributed by atoms with van der Waals surface area (Å²) in [6, 6.07) is 14.2. The number of halogens is 2. The van der Waals surface area contributed by atoms with Crippen LogP contribution in [0.4, 0.5) is 9.18 Å². The Morgan fingerprint density at radius 2 is 2.03 bits per heavy atom. The van der Waals surface area contributed by atoms with Crippen molar-refractivity contribution in [2.75, 3.05) is 26.8 Å². The molecule has 198 valence electrons. The lowest BCUT2D eigenvalue weighted by Gasteiger charge is -2.34. The molecule has 1 fully saturated rings. The number of likely N-dealkylation sites (tertiary alicyclic amines) is 1. The van der Waals surface area contributed by atoms with Crippen LogP contribution in [0.15, 0.2) is 53.0 Å². The lowest BCUT2D eigenvalue weighted by Crippen LogP contribution is -2.44. The number of aryl methyl sites for hydroxylation is 1. The van der Waals surface area contributed by atoms with E-state index in [0.717, 1.165) is 40.5 Å². The number of benzene rings is 2. The van der Waals surface area contributed by atoms with E-state index in [1.807, 2.05) is 41.3 Å². The van der Waals surface area contributed by atoms with Gasteiger partial charge in [-0.1, -0.05) is 34.1 Å². The van der Waals surface area contributed by atoms with E-state index in [0.29, 0.717) is 38.0 Å². The zero-order chi connectivity index (χ0) is 26.4. The Balaban J connectivity index is 1.50. The largest absolute Gasteiger partial charge is 0.465 e. The molecule has 1 saturated heterocycles. The molecular weight excluding hydrogens is 541 g/mol. The minimum Gasteiger partial charge on any atom is -0.465 e. The highest BCUT2D eigenvalue weighted by atomic mass is 79.9. The van der Waals surface area contributed by atoms with E-state index in [9.17, 15) is 19.1 Å². The van der Waals surface area contributed by atoms with Crippen LogP contribution < -0.4 is 5.32 Å². The molecule has 1 aliphatic heterocycles. The van der Waals surface area contributed by atoms with E-state index in [4.69, 9.17) is 4.74 Å². The fourth-order valence-corrected chi connectivity index (χ4v) is 5.53. The smallest absolute Gasteiger partial charge is 0.404 e. The number of nitrogens with zero attached hydrogens (tertiary/aromatic N) is 2. The zero-order valence-corrected chi connectivity index (χ0v) is 22.5. The quantitative estimate of drug-likeness (QED) is 0.311. The number of rotatable bonds is 10. The number of aromatic nitrogens is 1. The van der Waals surface area contributed by atoms with Gasteiger partial charge in [0, 0.05) is 67.3 Å².